The standard InChI is InChI=1S/C19H18BrN5OS/c1-12(13-6-3-2-4-7-13)21-19(27)25-24-18(26)17-11-16(22-23-17)14-8-5-9-15(20)10-14/h2-12H,1H3,(H,22,23)(H,24,26)(H2,21,25,27)/t12-/m0/s1. The largest absolute Gasteiger partial charge is 0.355 e. The minimum Gasteiger partial charge on any atom is -0.355 e. The first-order chi connectivity index (χ1) is 13.0. The topological polar surface area (TPSA) is 81.8 Å². The van der Waals surface area contributed by atoms with Crippen molar-refractivity contribution in [3.8, 4) is 11.3 Å². The number of benzene rings is 2. The fraction of sp³-hybridized carbons (Fsp3) is 0.105. The summed E-state index contributed by atoms with van der Waals surface area (Å²) < 4.78 is 0.944. The van der Waals surface area contributed by atoms with E-state index in [2.05, 4.69) is 42.3 Å². The molecule has 1 atom stereocenters. The molecule has 1 aromatic heterocycles. The van der Waals surface area contributed by atoms with Crippen LogP contribution in [-0.2, 0) is 0 Å². The van der Waals surface area contributed by atoms with E-state index in [1.54, 1.807) is 6.07 Å². The maximum absolute atomic E-state index is 12.3. The lowest BCUT2D eigenvalue weighted by atomic mass is 10.1. The van der Waals surface area contributed by atoms with Crippen LogP contribution in [0.3, 0.4) is 0 Å². The van der Waals surface area contributed by atoms with Crippen LogP contribution in [0.1, 0.15) is 29.0 Å². The number of hydrogen-bond donors (Lipinski definition) is 4. The molecule has 2 aromatic carbocycles. The summed E-state index contributed by atoms with van der Waals surface area (Å²) in [5, 5.41) is 10.4. The molecule has 27 heavy (non-hydrogen) atoms. The highest BCUT2D eigenvalue weighted by Crippen LogP contribution is 2.21. The summed E-state index contributed by atoms with van der Waals surface area (Å²) in [6.07, 6.45) is 0. The smallest absolute Gasteiger partial charge is 0.287 e. The summed E-state index contributed by atoms with van der Waals surface area (Å²) in [6.45, 7) is 1.99. The highest BCUT2D eigenvalue weighted by atomic mass is 79.9. The monoisotopic (exact) mass is 443 g/mol. The average molecular weight is 444 g/mol. The maximum Gasteiger partial charge on any atom is 0.287 e. The van der Waals surface area contributed by atoms with Crippen LogP contribution in [0.2, 0.25) is 0 Å². The van der Waals surface area contributed by atoms with Crippen molar-refractivity contribution in [2.75, 3.05) is 0 Å². The summed E-state index contributed by atoms with van der Waals surface area (Å²) in [5.74, 6) is -0.361. The van der Waals surface area contributed by atoms with Gasteiger partial charge in [0.2, 0.25) is 0 Å². The first-order valence-corrected chi connectivity index (χ1v) is 9.46. The van der Waals surface area contributed by atoms with Gasteiger partial charge >= 0.3 is 0 Å². The Hall–Kier alpha value is -2.71. The lowest BCUT2D eigenvalue weighted by molar-refractivity contribution is 0.0938. The van der Waals surface area contributed by atoms with Crippen molar-refractivity contribution in [3.63, 3.8) is 0 Å². The molecule has 0 aliphatic rings. The van der Waals surface area contributed by atoms with E-state index in [4.69, 9.17) is 12.2 Å². The Morgan fingerprint density at radius 1 is 1.11 bits per heavy atom. The van der Waals surface area contributed by atoms with Gasteiger partial charge in [0, 0.05) is 10.0 Å². The number of H-pyrrole nitrogens is 1. The number of carbonyl (C=O) groups excluding carboxylic acids is 1. The lowest BCUT2D eigenvalue weighted by Crippen LogP contribution is -2.47. The second-order valence-electron chi connectivity index (χ2n) is 5.86. The highest BCUT2D eigenvalue weighted by Gasteiger charge is 2.12. The van der Waals surface area contributed by atoms with Gasteiger partial charge in [-0.15, -0.1) is 0 Å². The van der Waals surface area contributed by atoms with E-state index in [1.807, 2.05) is 61.5 Å². The molecule has 8 heteroatoms. The molecule has 0 radical (unpaired) electrons. The second kappa shape index (κ2) is 8.79. The normalized spacial score (nSPS) is 11.5. The van der Waals surface area contributed by atoms with Crippen molar-refractivity contribution < 1.29 is 4.79 Å². The number of aromatic amines is 1. The molecule has 1 amide bonds. The molecule has 0 fully saturated rings. The van der Waals surface area contributed by atoms with Crippen LogP contribution < -0.4 is 16.2 Å². The SMILES string of the molecule is C[C@H](NC(=S)NNC(=O)c1cc(-c2cccc(Br)c2)n[nH]1)c1ccccc1. The molecule has 0 bridgehead atoms. The molecule has 0 spiro atoms. The van der Waals surface area contributed by atoms with Crippen LogP contribution in [0.4, 0.5) is 0 Å². The van der Waals surface area contributed by atoms with Gasteiger partial charge in [0.05, 0.1) is 11.7 Å². The first kappa shape index (κ1) is 19.1. The molecule has 0 aliphatic carbocycles. The number of aromatic nitrogens is 2. The van der Waals surface area contributed by atoms with Crippen molar-refractivity contribution in [2.24, 2.45) is 0 Å². The number of hydrazine groups is 1. The van der Waals surface area contributed by atoms with E-state index >= 15 is 0 Å². The van der Waals surface area contributed by atoms with Gasteiger partial charge < -0.3 is 5.32 Å². The molecule has 0 aliphatic heterocycles. The van der Waals surface area contributed by atoms with E-state index in [-0.39, 0.29) is 11.9 Å². The van der Waals surface area contributed by atoms with Crippen molar-refractivity contribution in [1.82, 2.24) is 26.4 Å². The van der Waals surface area contributed by atoms with Crippen molar-refractivity contribution in [2.45, 2.75) is 13.0 Å². The number of thiocarbonyl (C=S) groups is 1. The third-order valence-electron chi connectivity index (χ3n) is 3.88. The average Bonchev–Trinajstić information content (AvgIpc) is 3.17. The summed E-state index contributed by atoms with van der Waals surface area (Å²) in [7, 11) is 0. The number of rotatable bonds is 4. The Bertz CT molecular complexity index is 944. The quantitative estimate of drug-likeness (QED) is 0.365. The van der Waals surface area contributed by atoms with E-state index in [1.165, 1.54) is 0 Å². The van der Waals surface area contributed by atoms with Gasteiger partial charge in [-0.3, -0.25) is 20.7 Å². The van der Waals surface area contributed by atoms with Gasteiger partial charge in [-0.2, -0.15) is 5.10 Å². The molecule has 4 N–H and O–H groups in total. The fourth-order valence-corrected chi connectivity index (χ4v) is 3.10. The third-order valence-corrected chi connectivity index (χ3v) is 4.59. The number of halogens is 1. The van der Waals surface area contributed by atoms with E-state index < -0.39 is 0 Å². The Balaban J connectivity index is 1.54. The van der Waals surface area contributed by atoms with Gasteiger partial charge in [0.1, 0.15) is 5.69 Å². The number of nitrogens with one attached hydrogen (secondary N) is 4. The van der Waals surface area contributed by atoms with Gasteiger partial charge in [-0.1, -0.05) is 58.4 Å². The Morgan fingerprint density at radius 2 is 1.89 bits per heavy atom. The van der Waals surface area contributed by atoms with Gasteiger partial charge in [0.15, 0.2) is 5.11 Å². The fourth-order valence-electron chi connectivity index (χ4n) is 2.47. The molecular weight excluding hydrogens is 426 g/mol. The summed E-state index contributed by atoms with van der Waals surface area (Å²) in [5.41, 5.74) is 8.28. The lowest BCUT2D eigenvalue weighted by Gasteiger charge is -2.17. The van der Waals surface area contributed by atoms with Crippen LogP contribution in [0.15, 0.2) is 65.1 Å². The molecule has 138 valence electrons. The second-order valence-corrected chi connectivity index (χ2v) is 7.19. The molecule has 1 heterocycles. The molecular formula is C19H18BrN5OS. The molecule has 0 unspecified atom stereocenters. The van der Waals surface area contributed by atoms with Crippen LogP contribution in [0.25, 0.3) is 11.3 Å². The number of carbonyl (C=O) groups is 1. The predicted molar refractivity (Wildman–Crippen MR) is 113 cm³/mol. The zero-order chi connectivity index (χ0) is 19.2. The zero-order valence-electron chi connectivity index (χ0n) is 14.5. The number of nitrogens with zero attached hydrogens (tertiary/aromatic N) is 1. The molecule has 3 rings (SSSR count). The molecule has 0 saturated heterocycles. The predicted octanol–water partition coefficient (Wildman–Crippen LogP) is 3.71. The van der Waals surface area contributed by atoms with Crippen LogP contribution in [-0.4, -0.2) is 21.2 Å². The number of hydrogen-bond acceptors (Lipinski definition) is 3. The van der Waals surface area contributed by atoms with Crippen LogP contribution in [0, 0.1) is 0 Å². The summed E-state index contributed by atoms with van der Waals surface area (Å²) in [4.78, 5) is 12.3. The number of amides is 1. The minimum atomic E-state index is -0.361. The van der Waals surface area contributed by atoms with Gasteiger partial charge in [-0.05, 0) is 42.9 Å². The van der Waals surface area contributed by atoms with Crippen molar-refractivity contribution in [3.05, 3.63) is 76.4 Å². The zero-order valence-corrected chi connectivity index (χ0v) is 16.9. The van der Waals surface area contributed by atoms with E-state index in [0.29, 0.717) is 16.5 Å². The third kappa shape index (κ3) is 5.15. The van der Waals surface area contributed by atoms with E-state index in [0.717, 1.165) is 15.6 Å². The van der Waals surface area contributed by atoms with Crippen LogP contribution >= 0.6 is 28.1 Å². The van der Waals surface area contributed by atoms with Crippen LogP contribution in [0.5, 0.6) is 0 Å². The van der Waals surface area contributed by atoms with E-state index in [9.17, 15) is 4.79 Å². The van der Waals surface area contributed by atoms with Crippen molar-refractivity contribution >= 4 is 39.2 Å². The first-order valence-electron chi connectivity index (χ1n) is 8.26. The molecule has 6 nitrogen and oxygen atoms in total. The summed E-state index contributed by atoms with van der Waals surface area (Å²) in [6, 6.07) is 19.3. The summed E-state index contributed by atoms with van der Waals surface area (Å²) >= 11 is 8.65. The Kier molecular flexibility index (Phi) is 6.20. The highest BCUT2D eigenvalue weighted by molar-refractivity contribution is 9.10. The van der Waals surface area contributed by atoms with Crippen molar-refractivity contribution in [1.29, 1.82) is 0 Å². The minimum absolute atomic E-state index is 0.0124. The Morgan fingerprint density at radius 3 is 2.63 bits per heavy atom. The molecule has 0 saturated carbocycles. The molecule has 3 aromatic rings. The maximum atomic E-state index is 12.3. The van der Waals surface area contributed by atoms with Gasteiger partial charge in [-0.25, -0.2) is 0 Å². The van der Waals surface area contributed by atoms with Gasteiger partial charge in [0.25, 0.3) is 5.91 Å². The Labute approximate surface area is 170 Å².